The highest BCUT2D eigenvalue weighted by Crippen LogP contribution is 2.38. The SMILES string of the molecule is CCOc1cc(C=C2SC(=Nc3ccc(C(=O)OC)cc3)N(C)C2=O)cc(I)c1OCc1ccc(Cl)cc1Cl. The van der Waals surface area contributed by atoms with Crippen LogP contribution in [0.15, 0.2) is 64.5 Å². The van der Waals surface area contributed by atoms with Crippen LogP contribution in [0.5, 0.6) is 11.5 Å². The van der Waals surface area contributed by atoms with Crippen LogP contribution in [0.2, 0.25) is 10.0 Å². The van der Waals surface area contributed by atoms with Gasteiger partial charge in [0, 0.05) is 22.7 Å². The predicted molar refractivity (Wildman–Crippen MR) is 164 cm³/mol. The van der Waals surface area contributed by atoms with Crippen LogP contribution in [0.25, 0.3) is 6.08 Å². The van der Waals surface area contributed by atoms with E-state index in [9.17, 15) is 9.59 Å². The summed E-state index contributed by atoms with van der Waals surface area (Å²) in [7, 11) is 3.00. The molecule has 0 bridgehead atoms. The molecule has 4 rings (SSSR count). The molecule has 202 valence electrons. The Morgan fingerprint density at radius 2 is 1.85 bits per heavy atom. The van der Waals surface area contributed by atoms with Crippen molar-refractivity contribution >= 4 is 86.4 Å². The van der Waals surface area contributed by atoms with E-state index in [-0.39, 0.29) is 12.5 Å². The third kappa shape index (κ3) is 7.08. The normalized spacial score (nSPS) is 15.2. The molecule has 0 unspecified atom stereocenters. The van der Waals surface area contributed by atoms with Crippen molar-refractivity contribution in [3.05, 3.63) is 89.8 Å². The van der Waals surface area contributed by atoms with Crippen molar-refractivity contribution in [1.82, 2.24) is 4.90 Å². The molecule has 39 heavy (non-hydrogen) atoms. The second kappa shape index (κ2) is 13.1. The van der Waals surface area contributed by atoms with Crippen molar-refractivity contribution in [2.24, 2.45) is 4.99 Å². The molecule has 0 atom stereocenters. The van der Waals surface area contributed by atoms with Crippen LogP contribution < -0.4 is 9.47 Å². The number of nitrogens with zero attached hydrogens (tertiary/aromatic N) is 2. The monoisotopic (exact) mass is 696 g/mol. The molecular formula is C28H23Cl2IN2O5S. The van der Waals surface area contributed by atoms with Crippen LogP contribution in [0.3, 0.4) is 0 Å². The Labute approximate surface area is 254 Å². The fourth-order valence-electron chi connectivity index (χ4n) is 3.57. The van der Waals surface area contributed by atoms with Gasteiger partial charge in [0.1, 0.15) is 6.61 Å². The molecule has 0 saturated carbocycles. The van der Waals surface area contributed by atoms with Gasteiger partial charge in [0.15, 0.2) is 16.7 Å². The first-order chi connectivity index (χ1) is 18.7. The van der Waals surface area contributed by atoms with E-state index in [1.54, 1.807) is 49.5 Å². The summed E-state index contributed by atoms with van der Waals surface area (Å²) < 4.78 is 17.5. The number of aliphatic imine (C=N–C) groups is 1. The molecule has 7 nitrogen and oxygen atoms in total. The fraction of sp³-hybridized carbons (Fsp3) is 0.179. The lowest BCUT2D eigenvalue weighted by Gasteiger charge is -2.15. The highest BCUT2D eigenvalue weighted by atomic mass is 127. The van der Waals surface area contributed by atoms with Gasteiger partial charge in [0.25, 0.3) is 5.91 Å². The number of hydrogen-bond donors (Lipinski definition) is 0. The number of amidine groups is 1. The molecule has 0 aromatic heterocycles. The molecule has 0 radical (unpaired) electrons. The third-order valence-corrected chi connectivity index (χ3v) is 7.98. The Morgan fingerprint density at radius 1 is 1.10 bits per heavy atom. The smallest absolute Gasteiger partial charge is 0.337 e. The molecule has 0 N–H and O–H groups in total. The maximum atomic E-state index is 13.0. The van der Waals surface area contributed by atoms with Crippen LogP contribution in [0, 0.1) is 3.57 Å². The third-order valence-electron chi connectivity index (χ3n) is 5.53. The molecule has 1 saturated heterocycles. The minimum atomic E-state index is -0.423. The van der Waals surface area contributed by atoms with Crippen molar-refractivity contribution in [1.29, 1.82) is 0 Å². The van der Waals surface area contributed by atoms with Crippen LogP contribution in [-0.4, -0.2) is 42.7 Å². The lowest BCUT2D eigenvalue weighted by atomic mass is 10.1. The van der Waals surface area contributed by atoms with E-state index in [0.29, 0.717) is 49.5 Å². The number of methoxy groups -OCH3 is 1. The topological polar surface area (TPSA) is 77.4 Å². The van der Waals surface area contributed by atoms with Crippen LogP contribution in [0.1, 0.15) is 28.4 Å². The van der Waals surface area contributed by atoms with Crippen LogP contribution in [-0.2, 0) is 16.1 Å². The van der Waals surface area contributed by atoms with Crippen molar-refractivity contribution in [3.63, 3.8) is 0 Å². The number of carbonyl (C=O) groups excluding carboxylic acids is 2. The molecular weight excluding hydrogens is 674 g/mol. The van der Waals surface area contributed by atoms with Gasteiger partial charge < -0.3 is 14.2 Å². The molecule has 1 heterocycles. The molecule has 1 aliphatic rings. The van der Waals surface area contributed by atoms with E-state index in [2.05, 4.69) is 27.6 Å². The maximum absolute atomic E-state index is 13.0. The molecule has 3 aromatic carbocycles. The van der Waals surface area contributed by atoms with Crippen molar-refractivity contribution in [3.8, 4) is 11.5 Å². The minimum absolute atomic E-state index is 0.171. The summed E-state index contributed by atoms with van der Waals surface area (Å²) in [4.78, 5) is 31.2. The zero-order valence-corrected chi connectivity index (χ0v) is 25.7. The van der Waals surface area contributed by atoms with E-state index < -0.39 is 5.97 Å². The summed E-state index contributed by atoms with van der Waals surface area (Å²) in [5.41, 5.74) is 2.62. The lowest BCUT2D eigenvalue weighted by Crippen LogP contribution is -2.23. The first kappa shape index (κ1) is 29.3. The Balaban J connectivity index is 1.56. The Bertz CT molecular complexity index is 1480. The number of likely N-dealkylation sites (N-methyl/N-ethyl adjacent to an activating group) is 1. The molecule has 3 aromatic rings. The quantitative estimate of drug-likeness (QED) is 0.137. The fourth-order valence-corrected chi connectivity index (χ4v) is 5.80. The largest absolute Gasteiger partial charge is 0.490 e. The Hall–Kier alpha value is -2.73. The lowest BCUT2D eigenvalue weighted by molar-refractivity contribution is -0.121. The summed E-state index contributed by atoms with van der Waals surface area (Å²) in [5.74, 6) is 0.555. The number of ether oxygens (including phenoxy) is 3. The number of esters is 1. The predicted octanol–water partition coefficient (Wildman–Crippen LogP) is 7.60. The van der Waals surface area contributed by atoms with E-state index >= 15 is 0 Å². The number of rotatable bonds is 8. The Kier molecular flexibility index (Phi) is 9.81. The first-order valence-corrected chi connectivity index (χ1v) is 14.3. The second-order valence-corrected chi connectivity index (χ2v) is 11.2. The zero-order chi connectivity index (χ0) is 28.1. The maximum Gasteiger partial charge on any atom is 0.337 e. The molecule has 11 heteroatoms. The second-order valence-electron chi connectivity index (χ2n) is 8.20. The zero-order valence-electron chi connectivity index (χ0n) is 21.2. The summed E-state index contributed by atoms with van der Waals surface area (Å²) >= 11 is 15.8. The van der Waals surface area contributed by atoms with Crippen molar-refractivity contribution in [2.75, 3.05) is 20.8 Å². The van der Waals surface area contributed by atoms with Gasteiger partial charge in [-0.25, -0.2) is 9.79 Å². The van der Waals surface area contributed by atoms with Gasteiger partial charge in [-0.05, 0) is 101 Å². The first-order valence-electron chi connectivity index (χ1n) is 11.7. The number of benzene rings is 3. The average molecular weight is 697 g/mol. The Morgan fingerprint density at radius 3 is 2.51 bits per heavy atom. The number of carbonyl (C=O) groups is 2. The minimum Gasteiger partial charge on any atom is -0.490 e. The van der Waals surface area contributed by atoms with Crippen molar-refractivity contribution < 1.29 is 23.8 Å². The molecule has 0 spiro atoms. The summed E-state index contributed by atoms with van der Waals surface area (Å²) in [5, 5.41) is 1.60. The van der Waals surface area contributed by atoms with Crippen LogP contribution >= 0.6 is 57.6 Å². The van der Waals surface area contributed by atoms with Gasteiger partial charge in [-0.2, -0.15) is 0 Å². The number of halogens is 3. The molecule has 1 fully saturated rings. The molecule has 1 aliphatic heterocycles. The highest BCUT2D eigenvalue weighted by molar-refractivity contribution is 14.1. The highest BCUT2D eigenvalue weighted by Gasteiger charge is 2.30. The van der Waals surface area contributed by atoms with Gasteiger partial charge in [0.05, 0.1) is 33.4 Å². The van der Waals surface area contributed by atoms with Gasteiger partial charge in [0.2, 0.25) is 0 Å². The summed E-state index contributed by atoms with van der Waals surface area (Å²) in [6, 6.07) is 15.7. The van der Waals surface area contributed by atoms with Gasteiger partial charge in [-0.1, -0.05) is 29.3 Å². The summed E-state index contributed by atoms with van der Waals surface area (Å²) in [6.45, 7) is 2.58. The number of amides is 1. The van der Waals surface area contributed by atoms with E-state index in [1.807, 2.05) is 25.1 Å². The van der Waals surface area contributed by atoms with Gasteiger partial charge >= 0.3 is 5.97 Å². The standard InChI is InChI=1S/C28H23Cl2IN2O5S/c1-4-37-23-12-16(11-22(31)25(23)38-15-18-5-8-19(29)14-21(18)30)13-24-26(34)33(2)28(39-24)32-20-9-6-17(7-10-20)27(35)36-3/h5-14H,4,15H2,1-3H3. The van der Waals surface area contributed by atoms with Gasteiger partial charge in [-0.15, -0.1) is 0 Å². The van der Waals surface area contributed by atoms with E-state index in [1.165, 1.54) is 23.8 Å². The van der Waals surface area contributed by atoms with Gasteiger partial charge in [-0.3, -0.25) is 9.69 Å². The summed E-state index contributed by atoms with van der Waals surface area (Å²) in [6.07, 6.45) is 1.80. The molecule has 0 aliphatic carbocycles. The van der Waals surface area contributed by atoms with Crippen molar-refractivity contribution in [2.45, 2.75) is 13.5 Å². The number of hydrogen-bond acceptors (Lipinski definition) is 7. The average Bonchev–Trinajstić information content (AvgIpc) is 3.16. The van der Waals surface area contributed by atoms with Crippen LogP contribution in [0.4, 0.5) is 5.69 Å². The van der Waals surface area contributed by atoms with E-state index in [0.717, 1.165) is 14.7 Å². The van der Waals surface area contributed by atoms with E-state index in [4.69, 9.17) is 37.4 Å². The molecule has 1 amide bonds. The number of thioether (sulfide) groups is 1.